The quantitative estimate of drug-likeness (QED) is 0.864. The molecule has 0 atom stereocenters. The van der Waals surface area contributed by atoms with Gasteiger partial charge in [-0.05, 0) is 28.1 Å². The molecule has 2 N–H and O–H groups in total. The second kappa shape index (κ2) is 4.82. The summed E-state index contributed by atoms with van der Waals surface area (Å²) in [6.45, 7) is 0. The van der Waals surface area contributed by atoms with Gasteiger partial charge in [0.1, 0.15) is 11.4 Å². The minimum Gasteiger partial charge on any atom is -0.507 e. The lowest BCUT2D eigenvalue weighted by Crippen LogP contribution is -2.05. The predicted molar refractivity (Wildman–Crippen MR) is 63.3 cm³/mol. The molecule has 2 aromatic rings. The van der Waals surface area contributed by atoms with Gasteiger partial charge >= 0.3 is 12.1 Å². The lowest BCUT2D eigenvalue weighted by Gasteiger charge is -2.10. The Morgan fingerprint density at radius 2 is 1.95 bits per heavy atom. The van der Waals surface area contributed by atoms with Crippen molar-refractivity contribution in [3.63, 3.8) is 0 Å². The smallest absolute Gasteiger partial charge is 0.416 e. The van der Waals surface area contributed by atoms with Crippen LogP contribution in [0.2, 0.25) is 0 Å². The molecular weight excluding hydrogens is 347 g/mol. The molecular formula is C11H5BrF3NO4. The highest BCUT2D eigenvalue weighted by atomic mass is 79.9. The fraction of sp³-hybridized carbons (Fsp3) is 0.0909. The molecule has 0 amide bonds. The van der Waals surface area contributed by atoms with Crippen molar-refractivity contribution in [2.75, 3.05) is 0 Å². The van der Waals surface area contributed by atoms with E-state index in [4.69, 9.17) is 5.11 Å². The fourth-order valence-corrected chi connectivity index (χ4v) is 2.16. The summed E-state index contributed by atoms with van der Waals surface area (Å²) in [5, 5.41) is 21.7. The number of phenolic OH excluding ortho intramolecular Hbond substituents is 1. The van der Waals surface area contributed by atoms with Gasteiger partial charge in [-0.1, -0.05) is 5.16 Å². The molecule has 20 heavy (non-hydrogen) atoms. The number of carboxylic acid groups (broad SMARTS) is 1. The van der Waals surface area contributed by atoms with E-state index < -0.39 is 29.2 Å². The summed E-state index contributed by atoms with van der Waals surface area (Å²) < 4.78 is 42.0. The highest BCUT2D eigenvalue weighted by molar-refractivity contribution is 9.10. The van der Waals surface area contributed by atoms with Crippen molar-refractivity contribution < 1.29 is 32.7 Å². The maximum absolute atomic E-state index is 12.5. The zero-order valence-corrected chi connectivity index (χ0v) is 11.0. The van der Waals surface area contributed by atoms with Gasteiger partial charge in [0.15, 0.2) is 0 Å². The highest BCUT2D eigenvalue weighted by Crippen LogP contribution is 2.41. The van der Waals surface area contributed by atoms with Crippen LogP contribution < -0.4 is 0 Å². The van der Waals surface area contributed by atoms with Gasteiger partial charge in [0.05, 0.1) is 11.1 Å². The van der Waals surface area contributed by atoms with Crippen LogP contribution in [0.5, 0.6) is 5.75 Å². The molecule has 0 unspecified atom stereocenters. The average Bonchev–Trinajstić information content (AvgIpc) is 2.76. The predicted octanol–water partition coefficient (Wildman–Crippen LogP) is 3.53. The SMILES string of the molecule is O=C(O)c1cc(-c2c(O)cc(C(F)(F)F)cc2Br)no1. The number of aromatic hydroxyl groups is 1. The van der Waals surface area contributed by atoms with Crippen molar-refractivity contribution in [1.82, 2.24) is 5.16 Å². The number of alkyl halides is 3. The number of carbonyl (C=O) groups is 1. The Morgan fingerprint density at radius 3 is 2.40 bits per heavy atom. The number of aromatic nitrogens is 1. The Balaban J connectivity index is 2.55. The van der Waals surface area contributed by atoms with Gasteiger partial charge in [-0.15, -0.1) is 0 Å². The Morgan fingerprint density at radius 1 is 1.30 bits per heavy atom. The molecule has 0 aliphatic rings. The molecule has 9 heteroatoms. The zero-order valence-electron chi connectivity index (χ0n) is 9.40. The van der Waals surface area contributed by atoms with Gasteiger partial charge in [-0.25, -0.2) is 4.79 Å². The minimum absolute atomic E-state index is 0.0879. The van der Waals surface area contributed by atoms with Gasteiger partial charge in [0, 0.05) is 10.5 Å². The summed E-state index contributed by atoms with van der Waals surface area (Å²) in [4.78, 5) is 10.6. The number of hydrogen-bond acceptors (Lipinski definition) is 4. The first-order valence-electron chi connectivity index (χ1n) is 5.00. The third-order valence-corrected chi connectivity index (χ3v) is 3.00. The first-order chi connectivity index (χ1) is 9.20. The number of aromatic carboxylic acids is 1. The third kappa shape index (κ3) is 2.62. The number of benzene rings is 1. The summed E-state index contributed by atoms with van der Waals surface area (Å²) in [5.74, 6) is -2.57. The van der Waals surface area contributed by atoms with Crippen LogP contribution in [0, 0.1) is 0 Å². The number of nitrogens with zero attached hydrogens (tertiary/aromatic N) is 1. The first kappa shape index (κ1) is 14.4. The molecule has 0 radical (unpaired) electrons. The van der Waals surface area contributed by atoms with Crippen LogP contribution in [0.4, 0.5) is 13.2 Å². The van der Waals surface area contributed by atoms with E-state index in [0.717, 1.165) is 12.1 Å². The number of hydrogen-bond donors (Lipinski definition) is 2. The summed E-state index contributed by atoms with van der Waals surface area (Å²) in [6, 6.07) is 2.27. The summed E-state index contributed by atoms with van der Waals surface area (Å²) >= 11 is 2.88. The van der Waals surface area contributed by atoms with Gasteiger partial charge in [-0.2, -0.15) is 13.2 Å². The van der Waals surface area contributed by atoms with E-state index >= 15 is 0 Å². The van der Waals surface area contributed by atoms with E-state index in [0.29, 0.717) is 6.07 Å². The average molecular weight is 352 g/mol. The summed E-state index contributed by atoms with van der Waals surface area (Å²) in [6.07, 6.45) is -4.62. The highest BCUT2D eigenvalue weighted by Gasteiger charge is 2.32. The maximum atomic E-state index is 12.5. The Bertz CT molecular complexity index is 658. The number of halogens is 4. The molecule has 5 nitrogen and oxygen atoms in total. The van der Waals surface area contributed by atoms with Crippen LogP contribution in [0.1, 0.15) is 16.1 Å². The molecule has 0 spiro atoms. The lowest BCUT2D eigenvalue weighted by molar-refractivity contribution is -0.137. The summed E-state index contributed by atoms with van der Waals surface area (Å²) in [7, 11) is 0. The maximum Gasteiger partial charge on any atom is 0.416 e. The van der Waals surface area contributed by atoms with Gasteiger partial charge in [0.2, 0.25) is 5.76 Å². The molecule has 0 saturated heterocycles. The van der Waals surface area contributed by atoms with Crippen molar-refractivity contribution >= 4 is 21.9 Å². The number of carboxylic acids is 1. The van der Waals surface area contributed by atoms with Crippen molar-refractivity contribution in [3.05, 3.63) is 34.0 Å². The zero-order chi connectivity index (χ0) is 15.1. The molecule has 106 valence electrons. The van der Waals surface area contributed by atoms with Crippen LogP contribution in [0.3, 0.4) is 0 Å². The Hall–Kier alpha value is -2.03. The summed E-state index contributed by atoms with van der Waals surface area (Å²) in [5.41, 5.74) is -1.23. The van der Waals surface area contributed by atoms with E-state index in [9.17, 15) is 23.1 Å². The van der Waals surface area contributed by atoms with E-state index in [1.54, 1.807) is 0 Å². The van der Waals surface area contributed by atoms with Gasteiger partial charge in [0.25, 0.3) is 0 Å². The van der Waals surface area contributed by atoms with Crippen molar-refractivity contribution in [2.24, 2.45) is 0 Å². The molecule has 0 bridgehead atoms. The largest absolute Gasteiger partial charge is 0.507 e. The Labute approximate surface area is 117 Å². The molecule has 1 heterocycles. The lowest BCUT2D eigenvalue weighted by atomic mass is 10.1. The number of rotatable bonds is 2. The van der Waals surface area contributed by atoms with E-state index in [1.807, 2.05) is 0 Å². The molecule has 0 aliphatic carbocycles. The van der Waals surface area contributed by atoms with Gasteiger partial charge < -0.3 is 14.7 Å². The standard InChI is InChI=1S/C11H5BrF3NO4/c12-5-1-4(11(13,14)15)2-7(17)9(5)6-3-8(10(18)19)20-16-6/h1-3,17H,(H,18,19). The van der Waals surface area contributed by atoms with E-state index in [1.165, 1.54) is 0 Å². The Kier molecular flexibility index (Phi) is 3.46. The van der Waals surface area contributed by atoms with Crippen molar-refractivity contribution in [2.45, 2.75) is 6.18 Å². The van der Waals surface area contributed by atoms with Crippen LogP contribution in [0.25, 0.3) is 11.3 Å². The minimum atomic E-state index is -4.62. The normalized spacial score (nSPS) is 11.6. The fourth-order valence-electron chi connectivity index (χ4n) is 1.50. The van der Waals surface area contributed by atoms with Crippen molar-refractivity contribution in [1.29, 1.82) is 0 Å². The second-order valence-electron chi connectivity index (χ2n) is 3.73. The molecule has 0 fully saturated rings. The first-order valence-corrected chi connectivity index (χ1v) is 5.79. The molecule has 1 aromatic heterocycles. The second-order valence-corrected chi connectivity index (χ2v) is 4.59. The monoisotopic (exact) mass is 351 g/mol. The molecule has 0 saturated carbocycles. The molecule has 0 aliphatic heterocycles. The van der Waals surface area contributed by atoms with Crippen LogP contribution >= 0.6 is 15.9 Å². The molecule has 2 rings (SSSR count). The van der Waals surface area contributed by atoms with Gasteiger partial charge in [-0.3, -0.25) is 0 Å². The number of phenols is 1. The topological polar surface area (TPSA) is 83.6 Å². The van der Waals surface area contributed by atoms with Crippen molar-refractivity contribution in [3.8, 4) is 17.0 Å². The van der Waals surface area contributed by atoms with E-state index in [-0.39, 0.29) is 15.7 Å². The van der Waals surface area contributed by atoms with E-state index in [2.05, 4.69) is 25.6 Å². The van der Waals surface area contributed by atoms with Crippen LogP contribution in [-0.2, 0) is 6.18 Å². The van der Waals surface area contributed by atoms with Crippen LogP contribution in [-0.4, -0.2) is 21.3 Å². The molecule has 1 aromatic carbocycles. The third-order valence-electron chi connectivity index (χ3n) is 2.37. The van der Waals surface area contributed by atoms with Crippen LogP contribution in [0.15, 0.2) is 27.2 Å².